The Kier molecular flexibility index (Phi) is 6.97. The van der Waals surface area contributed by atoms with Gasteiger partial charge in [-0.2, -0.15) is 0 Å². The summed E-state index contributed by atoms with van der Waals surface area (Å²) < 4.78 is 28.9. The Bertz CT molecular complexity index is 1710. The van der Waals surface area contributed by atoms with E-state index in [1.807, 2.05) is 0 Å². The zero-order valence-corrected chi connectivity index (χ0v) is 23.4. The smallest absolute Gasteiger partial charge is 0.181 e. The number of fused-ring (bicyclic) bond motifs is 2. The van der Waals surface area contributed by atoms with Crippen LogP contribution >= 0.6 is 0 Å². The standard InChI is InChI=1S/C33H28O10/c1-39-19-10-6-17(7-11-19)27-31(38)29-23(36)13-21(41-3)15-25(29)43-33(27)32-26(16-4-8-18(34)9-5-16)30(37)28-22(35)12-20(40-2)14-24(28)42-32/h4-15,26-27,32-36H,1-3H3/t26-,27-,32-,33-/m0/s1. The summed E-state index contributed by atoms with van der Waals surface area (Å²) in [6.07, 6.45) is -2.22. The van der Waals surface area contributed by atoms with Crippen molar-refractivity contribution in [2.45, 2.75) is 24.0 Å². The number of benzene rings is 4. The summed E-state index contributed by atoms with van der Waals surface area (Å²) in [7, 11) is 4.37. The summed E-state index contributed by atoms with van der Waals surface area (Å²) in [5, 5.41) is 31.6. The van der Waals surface area contributed by atoms with Gasteiger partial charge in [0.25, 0.3) is 0 Å². The Balaban J connectivity index is 1.57. The maximum atomic E-state index is 14.3. The number of carbonyl (C=O) groups is 2. The molecule has 4 atom stereocenters. The van der Waals surface area contributed by atoms with Gasteiger partial charge >= 0.3 is 0 Å². The van der Waals surface area contributed by atoms with E-state index in [4.69, 9.17) is 23.7 Å². The predicted octanol–water partition coefficient (Wildman–Crippen LogP) is 4.98. The second-order valence-electron chi connectivity index (χ2n) is 10.3. The van der Waals surface area contributed by atoms with Gasteiger partial charge in [0.15, 0.2) is 23.8 Å². The highest BCUT2D eigenvalue weighted by atomic mass is 16.5. The molecule has 220 valence electrons. The number of hydrogen-bond acceptors (Lipinski definition) is 10. The summed E-state index contributed by atoms with van der Waals surface area (Å²) in [4.78, 5) is 28.5. The van der Waals surface area contributed by atoms with Gasteiger partial charge in [0, 0.05) is 24.3 Å². The number of methoxy groups -OCH3 is 3. The molecule has 0 unspecified atom stereocenters. The molecule has 2 aliphatic rings. The van der Waals surface area contributed by atoms with E-state index in [0.29, 0.717) is 16.9 Å². The third-order valence-electron chi connectivity index (χ3n) is 7.87. The monoisotopic (exact) mass is 584 g/mol. The lowest BCUT2D eigenvalue weighted by Gasteiger charge is -2.42. The lowest BCUT2D eigenvalue weighted by Crippen LogP contribution is -2.52. The minimum atomic E-state index is -1.12. The van der Waals surface area contributed by atoms with Gasteiger partial charge in [0.2, 0.25) is 0 Å². The molecule has 0 fully saturated rings. The zero-order chi connectivity index (χ0) is 30.4. The van der Waals surface area contributed by atoms with Gasteiger partial charge in [-0.15, -0.1) is 0 Å². The van der Waals surface area contributed by atoms with Gasteiger partial charge in [0.05, 0.1) is 33.2 Å². The molecular formula is C33H28O10. The molecule has 0 bridgehead atoms. The van der Waals surface area contributed by atoms with Crippen molar-refractivity contribution in [2.75, 3.05) is 21.3 Å². The Hall–Kier alpha value is -5.38. The fourth-order valence-corrected chi connectivity index (χ4v) is 5.80. The lowest BCUT2D eigenvalue weighted by atomic mass is 9.74. The average molecular weight is 585 g/mol. The normalized spacial score (nSPS) is 20.7. The van der Waals surface area contributed by atoms with Crippen LogP contribution in [0.5, 0.6) is 46.0 Å². The molecule has 2 heterocycles. The molecule has 4 aromatic carbocycles. The summed E-state index contributed by atoms with van der Waals surface area (Å²) in [5.41, 5.74) is 0.938. The molecule has 43 heavy (non-hydrogen) atoms. The quantitative estimate of drug-likeness (QED) is 0.284. The number of rotatable bonds is 6. The highest BCUT2D eigenvalue weighted by Crippen LogP contribution is 2.50. The van der Waals surface area contributed by atoms with Crippen molar-refractivity contribution in [3.8, 4) is 46.0 Å². The zero-order valence-electron chi connectivity index (χ0n) is 23.4. The Morgan fingerprint density at radius 3 is 1.35 bits per heavy atom. The number of aromatic hydroxyl groups is 3. The minimum absolute atomic E-state index is 0.00541. The first-order chi connectivity index (χ1) is 20.7. The first kappa shape index (κ1) is 27.8. The van der Waals surface area contributed by atoms with E-state index in [9.17, 15) is 24.9 Å². The van der Waals surface area contributed by atoms with E-state index < -0.39 is 35.6 Å². The van der Waals surface area contributed by atoms with Crippen molar-refractivity contribution in [1.82, 2.24) is 0 Å². The molecule has 0 aliphatic carbocycles. The summed E-state index contributed by atoms with van der Waals surface area (Å²) in [6.45, 7) is 0. The Morgan fingerprint density at radius 2 is 0.953 bits per heavy atom. The fraction of sp³-hybridized carbons (Fsp3) is 0.212. The van der Waals surface area contributed by atoms with Crippen molar-refractivity contribution in [2.24, 2.45) is 0 Å². The molecule has 0 aromatic heterocycles. The van der Waals surface area contributed by atoms with E-state index >= 15 is 0 Å². The van der Waals surface area contributed by atoms with Crippen molar-refractivity contribution >= 4 is 11.6 Å². The molecule has 0 amide bonds. The van der Waals surface area contributed by atoms with Crippen LogP contribution in [-0.4, -0.2) is 60.4 Å². The highest BCUT2D eigenvalue weighted by molar-refractivity contribution is 6.09. The maximum Gasteiger partial charge on any atom is 0.181 e. The van der Waals surface area contributed by atoms with Crippen LogP contribution in [0.3, 0.4) is 0 Å². The van der Waals surface area contributed by atoms with Crippen LogP contribution < -0.4 is 23.7 Å². The van der Waals surface area contributed by atoms with Gasteiger partial charge in [-0.3, -0.25) is 9.59 Å². The number of phenolic OH excluding ortho intramolecular Hbond substituents is 3. The molecule has 4 aromatic rings. The fourth-order valence-electron chi connectivity index (χ4n) is 5.80. The van der Waals surface area contributed by atoms with Crippen molar-refractivity contribution < 1.29 is 48.6 Å². The molecule has 10 heteroatoms. The van der Waals surface area contributed by atoms with Crippen LogP contribution in [-0.2, 0) is 0 Å². The number of Topliss-reactive ketones (excluding diaryl/α,β-unsaturated/α-hetero) is 2. The van der Waals surface area contributed by atoms with Crippen LogP contribution in [0, 0.1) is 0 Å². The molecule has 3 N–H and O–H groups in total. The van der Waals surface area contributed by atoms with E-state index in [1.165, 1.54) is 57.7 Å². The summed E-state index contributed by atoms with van der Waals surface area (Å²) in [5.74, 6) is -2.43. The van der Waals surface area contributed by atoms with Crippen LogP contribution in [0.1, 0.15) is 43.7 Å². The molecule has 2 aliphatic heterocycles. The van der Waals surface area contributed by atoms with Crippen molar-refractivity contribution in [3.05, 3.63) is 95.1 Å². The average Bonchev–Trinajstić information content (AvgIpc) is 3.00. The molecule has 0 saturated carbocycles. The summed E-state index contributed by atoms with van der Waals surface area (Å²) in [6, 6.07) is 18.5. The second-order valence-corrected chi connectivity index (χ2v) is 10.3. The van der Waals surface area contributed by atoms with E-state index in [0.717, 1.165) is 0 Å². The van der Waals surface area contributed by atoms with Gasteiger partial charge < -0.3 is 39.0 Å². The largest absolute Gasteiger partial charge is 0.508 e. The van der Waals surface area contributed by atoms with Gasteiger partial charge in [-0.1, -0.05) is 24.3 Å². The third-order valence-corrected chi connectivity index (χ3v) is 7.87. The molecular weight excluding hydrogens is 556 g/mol. The first-order valence-corrected chi connectivity index (χ1v) is 13.4. The molecule has 0 radical (unpaired) electrons. The van der Waals surface area contributed by atoms with E-state index in [-0.39, 0.29) is 51.4 Å². The number of ketones is 2. The number of ether oxygens (including phenoxy) is 5. The lowest BCUT2D eigenvalue weighted by molar-refractivity contribution is 0.00727. The van der Waals surface area contributed by atoms with Gasteiger partial charge in [0.1, 0.15) is 57.1 Å². The Morgan fingerprint density at radius 1 is 0.558 bits per heavy atom. The first-order valence-electron chi connectivity index (χ1n) is 13.4. The van der Waals surface area contributed by atoms with E-state index in [2.05, 4.69) is 0 Å². The summed E-state index contributed by atoms with van der Waals surface area (Å²) >= 11 is 0. The van der Waals surface area contributed by atoms with Gasteiger partial charge in [-0.05, 0) is 35.4 Å². The molecule has 0 spiro atoms. The van der Waals surface area contributed by atoms with Crippen molar-refractivity contribution in [3.63, 3.8) is 0 Å². The van der Waals surface area contributed by atoms with Crippen molar-refractivity contribution in [1.29, 1.82) is 0 Å². The predicted molar refractivity (Wildman–Crippen MR) is 153 cm³/mol. The maximum absolute atomic E-state index is 14.3. The number of carbonyl (C=O) groups excluding carboxylic acids is 2. The number of phenols is 3. The number of hydrogen-bond donors (Lipinski definition) is 3. The molecule has 0 saturated heterocycles. The van der Waals surface area contributed by atoms with Crippen LogP contribution in [0.15, 0.2) is 72.8 Å². The molecule has 6 rings (SSSR count). The topological polar surface area (TPSA) is 141 Å². The third kappa shape index (κ3) is 4.70. The second kappa shape index (κ2) is 10.8. The van der Waals surface area contributed by atoms with Crippen LogP contribution in [0.4, 0.5) is 0 Å². The van der Waals surface area contributed by atoms with Gasteiger partial charge in [-0.25, -0.2) is 0 Å². The van der Waals surface area contributed by atoms with Crippen LogP contribution in [0.2, 0.25) is 0 Å². The Labute approximate surface area is 246 Å². The SMILES string of the molecule is COc1ccc([C@H]2C(=O)c3c(O)cc(OC)cc3O[C@@H]2[C@H]2Oc3cc(OC)cc(O)c3C(=O)[C@@H]2c2ccc(O)cc2)cc1. The van der Waals surface area contributed by atoms with E-state index in [1.54, 1.807) is 36.4 Å². The minimum Gasteiger partial charge on any atom is -0.508 e. The van der Waals surface area contributed by atoms with Crippen LogP contribution in [0.25, 0.3) is 0 Å². The molecule has 10 nitrogen and oxygen atoms in total. The highest BCUT2D eigenvalue weighted by Gasteiger charge is 2.52.